The van der Waals surface area contributed by atoms with Crippen molar-refractivity contribution in [2.75, 3.05) is 17.3 Å². The molecule has 0 saturated carbocycles. The Morgan fingerprint density at radius 2 is 1.79 bits per heavy atom. The van der Waals surface area contributed by atoms with Crippen molar-refractivity contribution in [3.63, 3.8) is 0 Å². The number of nitrogens with zero attached hydrogens (tertiary/aromatic N) is 1. The van der Waals surface area contributed by atoms with Gasteiger partial charge in [0.25, 0.3) is 5.91 Å². The van der Waals surface area contributed by atoms with Crippen LogP contribution < -0.4 is 10.2 Å². The molecule has 0 fully saturated rings. The first-order valence-electron chi connectivity index (χ1n) is 5.78. The van der Waals surface area contributed by atoms with Gasteiger partial charge >= 0.3 is 0 Å². The highest BCUT2D eigenvalue weighted by atomic mass is 32.1. The quantitative estimate of drug-likeness (QED) is 0.935. The molecule has 0 atom stereocenters. The molecule has 1 N–H and O–H groups in total. The fourth-order valence-electron chi connectivity index (χ4n) is 1.63. The van der Waals surface area contributed by atoms with E-state index in [-0.39, 0.29) is 11.8 Å². The van der Waals surface area contributed by atoms with Crippen LogP contribution in [0.15, 0.2) is 42.5 Å². The molecule has 0 aliphatic rings. The van der Waals surface area contributed by atoms with Gasteiger partial charge in [0.15, 0.2) is 0 Å². The van der Waals surface area contributed by atoms with Crippen LogP contribution in [0.5, 0.6) is 0 Å². The SMILES string of the molecule is CC(=O)Nc1ccc(C(=O)N(C)c2ccccc2)s1. The molecule has 0 unspecified atom stereocenters. The fraction of sp³-hybridized carbons (Fsp3) is 0.143. The zero-order chi connectivity index (χ0) is 13.8. The minimum atomic E-state index is -0.141. The first kappa shape index (κ1) is 13.3. The Morgan fingerprint density at radius 3 is 2.42 bits per heavy atom. The molecular weight excluding hydrogens is 260 g/mol. The first-order valence-corrected chi connectivity index (χ1v) is 6.60. The van der Waals surface area contributed by atoms with Gasteiger partial charge in [-0.1, -0.05) is 18.2 Å². The second-order valence-corrected chi connectivity index (χ2v) is 5.13. The third-order valence-corrected chi connectivity index (χ3v) is 3.55. The number of nitrogens with one attached hydrogen (secondary N) is 1. The molecule has 2 rings (SSSR count). The molecule has 5 heteroatoms. The Hall–Kier alpha value is -2.14. The number of amides is 2. The number of thiophene rings is 1. The van der Waals surface area contributed by atoms with Gasteiger partial charge < -0.3 is 10.2 Å². The normalized spacial score (nSPS) is 10.0. The molecule has 0 bridgehead atoms. The summed E-state index contributed by atoms with van der Waals surface area (Å²) < 4.78 is 0. The van der Waals surface area contributed by atoms with Gasteiger partial charge in [-0.3, -0.25) is 9.59 Å². The summed E-state index contributed by atoms with van der Waals surface area (Å²) in [6.07, 6.45) is 0. The van der Waals surface area contributed by atoms with Gasteiger partial charge in [-0.05, 0) is 24.3 Å². The fourth-order valence-corrected chi connectivity index (χ4v) is 2.56. The molecule has 19 heavy (non-hydrogen) atoms. The lowest BCUT2D eigenvalue weighted by molar-refractivity contribution is -0.114. The monoisotopic (exact) mass is 274 g/mol. The van der Waals surface area contributed by atoms with Crippen LogP contribution in [0.4, 0.5) is 10.7 Å². The van der Waals surface area contributed by atoms with Crippen LogP contribution >= 0.6 is 11.3 Å². The highest BCUT2D eigenvalue weighted by Gasteiger charge is 2.15. The maximum Gasteiger partial charge on any atom is 0.268 e. The van der Waals surface area contributed by atoms with Crippen molar-refractivity contribution in [3.05, 3.63) is 47.3 Å². The molecule has 2 amide bonds. The molecule has 98 valence electrons. The summed E-state index contributed by atoms with van der Waals surface area (Å²) >= 11 is 1.27. The lowest BCUT2D eigenvalue weighted by atomic mass is 10.3. The number of hydrogen-bond acceptors (Lipinski definition) is 3. The molecule has 0 aliphatic carbocycles. The van der Waals surface area contributed by atoms with E-state index in [1.807, 2.05) is 30.3 Å². The van der Waals surface area contributed by atoms with Crippen LogP contribution in [-0.4, -0.2) is 18.9 Å². The Kier molecular flexibility index (Phi) is 3.97. The van der Waals surface area contributed by atoms with E-state index in [1.54, 1.807) is 24.1 Å². The maximum atomic E-state index is 12.3. The maximum absolute atomic E-state index is 12.3. The van der Waals surface area contributed by atoms with E-state index in [0.29, 0.717) is 9.88 Å². The van der Waals surface area contributed by atoms with Gasteiger partial charge in [0.05, 0.1) is 9.88 Å². The largest absolute Gasteiger partial charge is 0.318 e. The highest BCUT2D eigenvalue weighted by molar-refractivity contribution is 7.18. The Bertz CT molecular complexity index is 593. The van der Waals surface area contributed by atoms with Crippen molar-refractivity contribution in [2.45, 2.75) is 6.92 Å². The van der Waals surface area contributed by atoms with Crippen LogP contribution in [0, 0.1) is 0 Å². The number of carbonyl (C=O) groups excluding carboxylic acids is 2. The molecule has 0 spiro atoms. The Morgan fingerprint density at radius 1 is 1.11 bits per heavy atom. The zero-order valence-corrected chi connectivity index (χ0v) is 11.5. The summed E-state index contributed by atoms with van der Waals surface area (Å²) in [5.74, 6) is -0.231. The smallest absolute Gasteiger partial charge is 0.268 e. The molecule has 1 aromatic heterocycles. The van der Waals surface area contributed by atoms with Crippen molar-refractivity contribution in [1.29, 1.82) is 0 Å². The van der Waals surface area contributed by atoms with Crippen LogP contribution in [0.3, 0.4) is 0 Å². The average Bonchev–Trinajstić information content (AvgIpc) is 2.85. The molecule has 0 aliphatic heterocycles. The second kappa shape index (κ2) is 5.67. The van der Waals surface area contributed by atoms with Crippen molar-refractivity contribution < 1.29 is 9.59 Å². The zero-order valence-electron chi connectivity index (χ0n) is 10.7. The topological polar surface area (TPSA) is 49.4 Å². The molecule has 2 aromatic rings. The summed E-state index contributed by atoms with van der Waals surface area (Å²) in [5.41, 5.74) is 0.835. The molecule has 4 nitrogen and oxygen atoms in total. The number of carbonyl (C=O) groups is 2. The van der Waals surface area contributed by atoms with Crippen LogP contribution in [0.2, 0.25) is 0 Å². The minimum absolute atomic E-state index is 0.0900. The predicted octanol–water partition coefficient (Wildman–Crippen LogP) is 2.98. The van der Waals surface area contributed by atoms with E-state index in [0.717, 1.165) is 5.69 Å². The molecular formula is C14H14N2O2S. The Balaban J connectivity index is 2.15. The molecule has 1 aromatic carbocycles. The van der Waals surface area contributed by atoms with E-state index in [2.05, 4.69) is 5.32 Å². The molecule has 0 saturated heterocycles. The highest BCUT2D eigenvalue weighted by Crippen LogP contribution is 2.24. The predicted molar refractivity (Wildman–Crippen MR) is 77.8 cm³/mol. The van der Waals surface area contributed by atoms with Crippen molar-refractivity contribution >= 4 is 33.8 Å². The van der Waals surface area contributed by atoms with Gasteiger partial charge in [0.2, 0.25) is 5.91 Å². The summed E-state index contributed by atoms with van der Waals surface area (Å²) in [6, 6.07) is 12.9. The Labute approximate surface area is 115 Å². The third-order valence-electron chi connectivity index (χ3n) is 2.56. The minimum Gasteiger partial charge on any atom is -0.318 e. The summed E-state index contributed by atoms with van der Waals surface area (Å²) in [4.78, 5) is 25.4. The van der Waals surface area contributed by atoms with Crippen LogP contribution in [0.25, 0.3) is 0 Å². The van der Waals surface area contributed by atoms with Crippen molar-refractivity contribution in [1.82, 2.24) is 0 Å². The van der Waals surface area contributed by atoms with Gasteiger partial charge in [-0.25, -0.2) is 0 Å². The van der Waals surface area contributed by atoms with E-state index >= 15 is 0 Å². The van der Waals surface area contributed by atoms with Crippen molar-refractivity contribution in [2.24, 2.45) is 0 Å². The lowest BCUT2D eigenvalue weighted by Crippen LogP contribution is -2.25. The van der Waals surface area contributed by atoms with Gasteiger partial charge in [-0.15, -0.1) is 11.3 Å². The summed E-state index contributed by atoms with van der Waals surface area (Å²) in [6.45, 7) is 1.44. The number of para-hydroxylation sites is 1. The summed E-state index contributed by atoms with van der Waals surface area (Å²) in [5, 5.41) is 3.35. The number of benzene rings is 1. The first-order chi connectivity index (χ1) is 9.08. The standard InChI is InChI=1S/C14H14N2O2S/c1-10(17)15-13-9-8-12(19-13)14(18)16(2)11-6-4-3-5-7-11/h3-9H,1-2H3,(H,15,17). The number of rotatable bonds is 3. The van der Waals surface area contributed by atoms with E-state index in [9.17, 15) is 9.59 Å². The molecule has 0 radical (unpaired) electrons. The van der Waals surface area contributed by atoms with E-state index in [1.165, 1.54) is 18.3 Å². The molecule has 1 heterocycles. The number of anilines is 2. The average molecular weight is 274 g/mol. The second-order valence-electron chi connectivity index (χ2n) is 4.04. The van der Waals surface area contributed by atoms with E-state index < -0.39 is 0 Å². The van der Waals surface area contributed by atoms with Crippen LogP contribution in [0.1, 0.15) is 16.6 Å². The third kappa shape index (κ3) is 3.20. The van der Waals surface area contributed by atoms with Gasteiger partial charge in [0, 0.05) is 19.7 Å². The van der Waals surface area contributed by atoms with Crippen LogP contribution in [-0.2, 0) is 4.79 Å². The van der Waals surface area contributed by atoms with Crippen molar-refractivity contribution in [3.8, 4) is 0 Å². The lowest BCUT2D eigenvalue weighted by Gasteiger charge is -2.15. The summed E-state index contributed by atoms with van der Waals surface area (Å²) in [7, 11) is 1.73. The van der Waals surface area contributed by atoms with Gasteiger partial charge in [-0.2, -0.15) is 0 Å². The number of hydrogen-bond donors (Lipinski definition) is 1. The van der Waals surface area contributed by atoms with E-state index in [4.69, 9.17) is 0 Å². The van der Waals surface area contributed by atoms with Gasteiger partial charge in [0.1, 0.15) is 0 Å².